The fourth-order valence-corrected chi connectivity index (χ4v) is 1.67. The van der Waals surface area contributed by atoms with Crippen LogP contribution in [-0.4, -0.2) is 23.9 Å². The highest BCUT2D eigenvalue weighted by atomic mass is 35.5. The van der Waals surface area contributed by atoms with Gasteiger partial charge in [-0.15, -0.1) is 12.4 Å². The first-order chi connectivity index (χ1) is 8.91. The molecule has 0 atom stereocenters. The molecule has 20 heavy (non-hydrogen) atoms. The van der Waals surface area contributed by atoms with E-state index < -0.39 is 11.4 Å². The average molecular weight is 300 g/mol. The number of carbonyl (C=O) groups is 2. The van der Waals surface area contributed by atoms with Gasteiger partial charge >= 0.3 is 0 Å². The van der Waals surface area contributed by atoms with Gasteiger partial charge in [0.2, 0.25) is 5.91 Å². The molecule has 1 aromatic rings. The monoisotopic (exact) mass is 299 g/mol. The normalized spacial score (nSPS) is 10.6. The first kappa shape index (κ1) is 18.4. The molecular formula is C14H22ClN3O2. The van der Waals surface area contributed by atoms with E-state index in [-0.39, 0.29) is 18.3 Å². The van der Waals surface area contributed by atoms with Crippen molar-refractivity contribution in [2.45, 2.75) is 32.2 Å². The van der Waals surface area contributed by atoms with Crippen LogP contribution in [0.15, 0.2) is 24.3 Å². The van der Waals surface area contributed by atoms with Gasteiger partial charge in [0.15, 0.2) is 0 Å². The molecular weight excluding hydrogens is 278 g/mol. The lowest BCUT2D eigenvalue weighted by atomic mass is 9.94. The molecule has 0 heterocycles. The number of hydrogen-bond donors (Lipinski definition) is 3. The zero-order valence-corrected chi connectivity index (χ0v) is 12.6. The number of nitrogens with one attached hydrogen (secondary N) is 1. The fraction of sp³-hybridized carbons (Fsp3) is 0.429. The molecule has 0 aliphatic heterocycles. The molecule has 0 radical (unpaired) electrons. The Morgan fingerprint density at radius 2 is 1.75 bits per heavy atom. The Kier molecular flexibility index (Phi) is 7.24. The van der Waals surface area contributed by atoms with Crippen LogP contribution < -0.4 is 16.8 Å². The number of hydrogen-bond acceptors (Lipinski definition) is 3. The van der Waals surface area contributed by atoms with Crippen molar-refractivity contribution in [3.63, 3.8) is 0 Å². The SMILES string of the molecule is CCC(N)(CC)CNC(=O)c1cccc(C(N)=O)c1.Cl. The van der Waals surface area contributed by atoms with Crippen LogP contribution in [0.2, 0.25) is 0 Å². The largest absolute Gasteiger partial charge is 0.366 e. The zero-order valence-electron chi connectivity index (χ0n) is 11.8. The quantitative estimate of drug-likeness (QED) is 0.741. The number of amides is 2. The Labute approximate surface area is 125 Å². The number of primary amides is 1. The summed E-state index contributed by atoms with van der Waals surface area (Å²) in [5.41, 5.74) is 11.6. The summed E-state index contributed by atoms with van der Waals surface area (Å²) in [4.78, 5) is 23.0. The van der Waals surface area contributed by atoms with E-state index in [1.165, 1.54) is 6.07 Å². The molecule has 0 bridgehead atoms. The van der Waals surface area contributed by atoms with Crippen molar-refractivity contribution in [3.05, 3.63) is 35.4 Å². The molecule has 5 N–H and O–H groups in total. The maximum absolute atomic E-state index is 12.0. The fourth-order valence-electron chi connectivity index (χ4n) is 1.67. The van der Waals surface area contributed by atoms with Crippen molar-refractivity contribution in [2.75, 3.05) is 6.54 Å². The van der Waals surface area contributed by atoms with Crippen molar-refractivity contribution >= 4 is 24.2 Å². The standard InChI is InChI=1S/C14H21N3O2.ClH/c1-3-14(16,4-2)9-17-13(19)11-7-5-6-10(8-11)12(15)18;/h5-8H,3-4,9,16H2,1-2H3,(H2,15,18)(H,17,19);1H. The summed E-state index contributed by atoms with van der Waals surface area (Å²) < 4.78 is 0. The molecule has 2 amide bonds. The van der Waals surface area contributed by atoms with Gasteiger partial charge in [-0.05, 0) is 31.0 Å². The van der Waals surface area contributed by atoms with Crippen LogP contribution in [0.3, 0.4) is 0 Å². The summed E-state index contributed by atoms with van der Waals surface area (Å²) in [6.45, 7) is 4.38. The van der Waals surface area contributed by atoms with E-state index in [0.717, 1.165) is 12.8 Å². The third kappa shape index (κ3) is 4.83. The minimum Gasteiger partial charge on any atom is -0.366 e. The second-order valence-corrected chi connectivity index (χ2v) is 4.70. The third-order valence-electron chi connectivity index (χ3n) is 3.42. The maximum Gasteiger partial charge on any atom is 0.251 e. The second kappa shape index (κ2) is 7.87. The van der Waals surface area contributed by atoms with Gasteiger partial charge in [-0.2, -0.15) is 0 Å². The minimum atomic E-state index is -0.551. The summed E-state index contributed by atoms with van der Waals surface area (Å²) >= 11 is 0. The predicted molar refractivity (Wildman–Crippen MR) is 82.0 cm³/mol. The molecule has 6 heteroatoms. The average Bonchev–Trinajstić information content (AvgIpc) is 2.44. The Hall–Kier alpha value is -1.59. The van der Waals surface area contributed by atoms with Gasteiger partial charge in [0, 0.05) is 23.2 Å². The molecule has 1 rings (SSSR count). The highest BCUT2D eigenvalue weighted by molar-refractivity contribution is 5.99. The number of benzene rings is 1. The lowest BCUT2D eigenvalue weighted by Crippen LogP contribution is -2.49. The summed E-state index contributed by atoms with van der Waals surface area (Å²) in [6, 6.07) is 6.32. The van der Waals surface area contributed by atoms with Gasteiger partial charge in [-0.25, -0.2) is 0 Å². The van der Waals surface area contributed by atoms with Crippen molar-refractivity contribution in [3.8, 4) is 0 Å². The van der Waals surface area contributed by atoms with E-state index in [9.17, 15) is 9.59 Å². The first-order valence-corrected chi connectivity index (χ1v) is 6.39. The van der Waals surface area contributed by atoms with Gasteiger partial charge in [-0.3, -0.25) is 9.59 Å². The van der Waals surface area contributed by atoms with Gasteiger partial charge in [0.05, 0.1) is 0 Å². The van der Waals surface area contributed by atoms with E-state index in [4.69, 9.17) is 11.5 Å². The van der Waals surface area contributed by atoms with Crippen LogP contribution in [0.25, 0.3) is 0 Å². The van der Waals surface area contributed by atoms with E-state index in [0.29, 0.717) is 17.7 Å². The number of carbonyl (C=O) groups excluding carboxylic acids is 2. The Balaban J connectivity index is 0.00000361. The second-order valence-electron chi connectivity index (χ2n) is 4.70. The van der Waals surface area contributed by atoms with Crippen LogP contribution in [-0.2, 0) is 0 Å². The zero-order chi connectivity index (χ0) is 14.5. The van der Waals surface area contributed by atoms with E-state index in [1.54, 1.807) is 18.2 Å². The lowest BCUT2D eigenvalue weighted by molar-refractivity contribution is 0.0942. The van der Waals surface area contributed by atoms with Crippen molar-refractivity contribution < 1.29 is 9.59 Å². The van der Waals surface area contributed by atoms with E-state index in [2.05, 4.69) is 5.32 Å². The molecule has 0 saturated heterocycles. The molecule has 1 aromatic carbocycles. The molecule has 0 spiro atoms. The highest BCUT2D eigenvalue weighted by Crippen LogP contribution is 2.10. The number of rotatable bonds is 6. The van der Waals surface area contributed by atoms with Gasteiger partial charge < -0.3 is 16.8 Å². The summed E-state index contributed by atoms with van der Waals surface area (Å²) in [6.07, 6.45) is 1.57. The van der Waals surface area contributed by atoms with Gasteiger partial charge in [-0.1, -0.05) is 19.9 Å². The molecule has 112 valence electrons. The van der Waals surface area contributed by atoms with Crippen LogP contribution in [0.1, 0.15) is 47.4 Å². The lowest BCUT2D eigenvalue weighted by Gasteiger charge is -2.26. The molecule has 5 nitrogen and oxygen atoms in total. The highest BCUT2D eigenvalue weighted by Gasteiger charge is 2.21. The van der Waals surface area contributed by atoms with Crippen LogP contribution >= 0.6 is 12.4 Å². The van der Waals surface area contributed by atoms with Crippen molar-refractivity contribution in [1.29, 1.82) is 0 Å². The predicted octanol–water partition coefficient (Wildman–Crippen LogP) is 1.45. The third-order valence-corrected chi connectivity index (χ3v) is 3.42. The van der Waals surface area contributed by atoms with Gasteiger partial charge in [0.25, 0.3) is 5.91 Å². The van der Waals surface area contributed by atoms with E-state index >= 15 is 0 Å². The molecule has 0 fully saturated rings. The van der Waals surface area contributed by atoms with E-state index in [1.807, 2.05) is 13.8 Å². The summed E-state index contributed by atoms with van der Waals surface area (Å²) in [5, 5.41) is 2.79. The van der Waals surface area contributed by atoms with Crippen LogP contribution in [0.4, 0.5) is 0 Å². The first-order valence-electron chi connectivity index (χ1n) is 6.39. The van der Waals surface area contributed by atoms with Crippen molar-refractivity contribution in [2.24, 2.45) is 11.5 Å². The molecule has 0 aromatic heterocycles. The summed E-state index contributed by atoms with van der Waals surface area (Å²) in [7, 11) is 0. The topological polar surface area (TPSA) is 98.2 Å². The molecule has 0 saturated carbocycles. The molecule has 0 aliphatic rings. The number of halogens is 1. The minimum absolute atomic E-state index is 0. The van der Waals surface area contributed by atoms with Crippen LogP contribution in [0, 0.1) is 0 Å². The van der Waals surface area contributed by atoms with Crippen molar-refractivity contribution in [1.82, 2.24) is 5.32 Å². The van der Waals surface area contributed by atoms with Gasteiger partial charge in [0.1, 0.15) is 0 Å². The summed E-state index contributed by atoms with van der Waals surface area (Å²) in [5.74, 6) is -0.801. The Morgan fingerprint density at radius 3 is 2.25 bits per heavy atom. The maximum atomic E-state index is 12.0. The molecule has 0 unspecified atom stereocenters. The molecule has 0 aliphatic carbocycles. The number of nitrogens with two attached hydrogens (primary N) is 2. The smallest absolute Gasteiger partial charge is 0.251 e. The van der Waals surface area contributed by atoms with Crippen LogP contribution in [0.5, 0.6) is 0 Å². The Bertz CT molecular complexity index is 473. The Morgan fingerprint density at radius 1 is 1.20 bits per heavy atom.